The van der Waals surface area contributed by atoms with Crippen LogP contribution >= 0.6 is 11.3 Å². The Kier molecular flexibility index (Phi) is 4.82. The summed E-state index contributed by atoms with van der Waals surface area (Å²) in [5.74, 6) is -0.0835. The molecule has 0 bridgehead atoms. The molecule has 1 amide bonds. The van der Waals surface area contributed by atoms with Crippen molar-refractivity contribution in [2.45, 2.75) is 52.7 Å². The zero-order valence-corrected chi connectivity index (χ0v) is 14.7. The van der Waals surface area contributed by atoms with Gasteiger partial charge >= 0.3 is 0 Å². The van der Waals surface area contributed by atoms with E-state index in [9.17, 15) is 4.79 Å². The van der Waals surface area contributed by atoms with Crippen molar-refractivity contribution in [2.75, 3.05) is 11.9 Å². The molecule has 1 unspecified atom stereocenters. The number of nitrogens with zero attached hydrogens (tertiary/aromatic N) is 2. The summed E-state index contributed by atoms with van der Waals surface area (Å²) in [7, 11) is 0. The van der Waals surface area contributed by atoms with Crippen LogP contribution in [0.5, 0.6) is 0 Å². The Morgan fingerprint density at radius 1 is 1.52 bits per heavy atom. The van der Waals surface area contributed by atoms with Gasteiger partial charge in [0.25, 0.3) is 5.91 Å². The Bertz CT molecular complexity index is 699. The average Bonchev–Trinajstić information content (AvgIpc) is 3.24. The molecule has 23 heavy (non-hydrogen) atoms. The van der Waals surface area contributed by atoms with Crippen LogP contribution in [-0.2, 0) is 16.1 Å². The monoisotopic (exact) mass is 333 g/mol. The van der Waals surface area contributed by atoms with E-state index in [1.54, 1.807) is 0 Å². The third-order valence-electron chi connectivity index (χ3n) is 4.25. The fourth-order valence-corrected chi connectivity index (χ4v) is 3.77. The lowest BCUT2D eigenvalue weighted by Gasteiger charge is -2.08. The highest BCUT2D eigenvalue weighted by molar-refractivity contribution is 7.14. The second-order valence-electron chi connectivity index (χ2n) is 5.97. The number of carbonyl (C=O) groups excluding carboxylic acids is 1. The molecule has 1 N–H and O–H groups in total. The van der Waals surface area contributed by atoms with Crippen LogP contribution in [0.15, 0.2) is 11.4 Å². The van der Waals surface area contributed by atoms with Crippen LogP contribution in [0.3, 0.4) is 0 Å². The Morgan fingerprint density at radius 2 is 2.35 bits per heavy atom. The summed E-state index contributed by atoms with van der Waals surface area (Å²) in [4.78, 5) is 16.7. The molecule has 3 rings (SSSR count). The molecule has 3 heterocycles. The minimum absolute atomic E-state index is 0.0835. The first-order valence-electron chi connectivity index (χ1n) is 8.15. The van der Waals surface area contributed by atoms with Gasteiger partial charge in [0.1, 0.15) is 6.10 Å². The van der Waals surface area contributed by atoms with Gasteiger partial charge in [-0.15, -0.1) is 11.3 Å². The van der Waals surface area contributed by atoms with Gasteiger partial charge in [-0.3, -0.25) is 10.1 Å². The number of hydrogen-bond donors (Lipinski definition) is 1. The molecule has 0 saturated carbocycles. The number of carbonyl (C=O) groups is 1. The number of ether oxygens (including phenoxy) is 1. The molecule has 1 aliphatic heterocycles. The first-order chi connectivity index (χ1) is 11.1. The van der Waals surface area contributed by atoms with Crippen LogP contribution < -0.4 is 5.32 Å². The van der Waals surface area contributed by atoms with Crippen molar-refractivity contribution in [3.05, 3.63) is 22.8 Å². The minimum atomic E-state index is -0.322. The molecule has 1 atom stereocenters. The van der Waals surface area contributed by atoms with E-state index >= 15 is 0 Å². The molecule has 6 heteroatoms. The fraction of sp³-hybridized carbons (Fsp3) is 0.529. The summed E-state index contributed by atoms with van der Waals surface area (Å²) >= 11 is 1.46. The van der Waals surface area contributed by atoms with Crippen LogP contribution in [0.2, 0.25) is 0 Å². The molecule has 1 aliphatic rings. The van der Waals surface area contributed by atoms with E-state index < -0.39 is 0 Å². The number of aromatic nitrogens is 2. The lowest BCUT2D eigenvalue weighted by atomic mass is 10.2. The number of nitrogens with one attached hydrogen (secondary N) is 1. The van der Waals surface area contributed by atoms with Crippen LogP contribution in [0.25, 0.3) is 11.3 Å². The molecule has 0 aromatic carbocycles. The van der Waals surface area contributed by atoms with Crippen LogP contribution in [0.4, 0.5) is 5.13 Å². The average molecular weight is 333 g/mol. The van der Waals surface area contributed by atoms with Crippen molar-refractivity contribution < 1.29 is 9.53 Å². The number of thiazole rings is 1. The highest BCUT2D eigenvalue weighted by Gasteiger charge is 2.24. The second kappa shape index (κ2) is 6.84. The maximum absolute atomic E-state index is 12.1. The van der Waals surface area contributed by atoms with Crippen molar-refractivity contribution in [2.24, 2.45) is 0 Å². The Morgan fingerprint density at radius 3 is 3.04 bits per heavy atom. The van der Waals surface area contributed by atoms with E-state index in [0.717, 1.165) is 37.1 Å². The molecular formula is C17H23N3O2S. The van der Waals surface area contributed by atoms with Crippen molar-refractivity contribution in [3.8, 4) is 11.3 Å². The van der Waals surface area contributed by atoms with Crippen LogP contribution in [0.1, 0.15) is 37.6 Å². The fourth-order valence-electron chi connectivity index (χ4n) is 3.05. The topological polar surface area (TPSA) is 56.2 Å². The molecule has 1 saturated heterocycles. The number of amides is 1. The number of aryl methyl sites for hydroxylation is 1. The molecule has 5 nitrogen and oxygen atoms in total. The van der Waals surface area contributed by atoms with Gasteiger partial charge in [-0.2, -0.15) is 0 Å². The first kappa shape index (κ1) is 16.2. The van der Waals surface area contributed by atoms with Gasteiger partial charge < -0.3 is 9.30 Å². The molecule has 2 aromatic heterocycles. The van der Waals surface area contributed by atoms with E-state index in [1.165, 1.54) is 22.7 Å². The predicted molar refractivity (Wildman–Crippen MR) is 92.9 cm³/mol. The van der Waals surface area contributed by atoms with Crippen LogP contribution in [-0.4, -0.2) is 28.2 Å². The molecule has 1 fully saturated rings. The Hall–Kier alpha value is -1.66. The zero-order valence-electron chi connectivity index (χ0n) is 13.9. The summed E-state index contributed by atoms with van der Waals surface area (Å²) in [6.45, 7) is 8.12. The Balaban J connectivity index is 1.76. The van der Waals surface area contributed by atoms with E-state index in [2.05, 4.69) is 41.7 Å². The normalized spacial score (nSPS) is 17.6. The Labute approximate surface area is 140 Å². The predicted octanol–water partition coefficient (Wildman–Crippen LogP) is 3.76. The van der Waals surface area contributed by atoms with Gasteiger partial charge in [0, 0.05) is 35.5 Å². The number of hydrogen-bond acceptors (Lipinski definition) is 4. The molecule has 2 aromatic rings. The van der Waals surface area contributed by atoms with Crippen molar-refractivity contribution in [1.82, 2.24) is 9.55 Å². The number of rotatable bonds is 5. The van der Waals surface area contributed by atoms with Crippen molar-refractivity contribution >= 4 is 22.4 Å². The molecule has 0 radical (unpaired) electrons. The van der Waals surface area contributed by atoms with Crippen molar-refractivity contribution in [1.29, 1.82) is 0 Å². The molecule has 0 aliphatic carbocycles. The van der Waals surface area contributed by atoms with Gasteiger partial charge in [-0.05, 0) is 39.2 Å². The highest BCUT2D eigenvalue weighted by atomic mass is 32.1. The van der Waals surface area contributed by atoms with E-state index in [1.807, 2.05) is 5.38 Å². The molecule has 0 spiro atoms. The summed E-state index contributed by atoms with van der Waals surface area (Å²) in [5.41, 5.74) is 4.54. The minimum Gasteiger partial charge on any atom is -0.368 e. The van der Waals surface area contributed by atoms with Crippen molar-refractivity contribution in [3.63, 3.8) is 0 Å². The maximum Gasteiger partial charge on any atom is 0.255 e. The van der Waals surface area contributed by atoms with E-state index in [0.29, 0.717) is 11.7 Å². The largest absolute Gasteiger partial charge is 0.368 e. The van der Waals surface area contributed by atoms with Gasteiger partial charge in [-0.25, -0.2) is 4.98 Å². The zero-order chi connectivity index (χ0) is 16.4. The van der Waals surface area contributed by atoms with Gasteiger partial charge in [0.05, 0.1) is 5.69 Å². The highest BCUT2D eigenvalue weighted by Crippen LogP contribution is 2.30. The first-order valence-corrected chi connectivity index (χ1v) is 9.03. The standard InChI is InChI=1S/C17H23N3O2S/c1-4-7-20-11(2)9-13(12(20)3)14-10-23-17(18-14)19-16(21)15-6-5-8-22-15/h9-10,15H,4-8H2,1-3H3,(H,18,19,21). The third kappa shape index (κ3) is 3.33. The summed E-state index contributed by atoms with van der Waals surface area (Å²) in [5, 5.41) is 5.52. The van der Waals surface area contributed by atoms with E-state index in [4.69, 9.17) is 4.74 Å². The second-order valence-corrected chi connectivity index (χ2v) is 6.82. The third-order valence-corrected chi connectivity index (χ3v) is 5.01. The number of anilines is 1. The van der Waals surface area contributed by atoms with Crippen LogP contribution in [0, 0.1) is 13.8 Å². The molecule has 124 valence electrons. The van der Waals surface area contributed by atoms with Gasteiger partial charge in [0.15, 0.2) is 5.13 Å². The van der Waals surface area contributed by atoms with Gasteiger partial charge in [-0.1, -0.05) is 6.92 Å². The SMILES string of the molecule is CCCn1c(C)cc(-c2csc(NC(=O)C3CCCO3)n2)c1C. The summed E-state index contributed by atoms with van der Waals surface area (Å²) < 4.78 is 7.72. The van der Waals surface area contributed by atoms with Gasteiger partial charge in [0.2, 0.25) is 0 Å². The quantitative estimate of drug-likeness (QED) is 0.906. The molecular weight excluding hydrogens is 310 g/mol. The lowest BCUT2D eigenvalue weighted by molar-refractivity contribution is -0.124. The summed E-state index contributed by atoms with van der Waals surface area (Å²) in [6.07, 6.45) is 2.53. The smallest absolute Gasteiger partial charge is 0.255 e. The summed E-state index contributed by atoms with van der Waals surface area (Å²) in [6, 6.07) is 2.17. The lowest BCUT2D eigenvalue weighted by Crippen LogP contribution is -2.26. The van der Waals surface area contributed by atoms with E-state index in [-0.39, 0.29) is 12.0 Å². The maximum atomic E-state index is 12.1.